The summed E-state index contributed by atoms with van der Waals surface area (Å²) >= 11 is 0. The number of carboxylic acids is 1. The minimum absolute atomic E-state index is 0.0441. The van der Waals surface area contributed by atoms with Crippen LogP contribution in [-0.2, 0) is 11.2 Å². The molecule has 1 N–H and O–H groups in total. The number of aryl methyl sites for hydroxylation is 1. The fourth-order valence-corrected chi connectivity index (χ4v) is 1.54. The van der Waals surface area contributed by atoms with Crippen LogP contribution in [0.2, 0.25) is 0 Å². The quantitative estimate of drug-likeness (QED) is 0.799. The molecule has 3 nitrogen and oxygen atoms in total. The summed E-state index contributed by atoms with van der Waals surface area (Å²) in [6.07, 6.45) is 0.0441. The molecule has 0 aliphatic carbocycles. The highest BCUT2D eigenvalue weighted by Gasteiger charge is 2.09. The lowest BCUT2D eigenvalue weighted by Crippen LogP contribution is -2.03. The molecule has 0 radical (unpaired) electrons. The third kappa shape index (κ3) is 2.05. The summed E-state index contributed by atoms with van der Waals surface area (Å²) in [4.78, 5) is 10.6. The molecule has 0 amide bonds. The van der Waals surface area contributed by atoms with Gasteiger partial charge in [0, 0.05) is 0 Å². The molecule has 0 bridgehead atoms. The van der Waals surface area contributed by atoms with Gasteiger partial charge in [-0.15, -0.1) is 0 Å². The maximum Gasteiger partial charge on any atom is 0.307 e. The van der Waals surface area contributed by atoms with Crippen molar-refractivity contribution < 1.29 is 14.6 Å². The van der Waals surface area contributed by atoms with Crippen molar-refractivity contribution in [3.63, 3.8) is 0 Å². The molecule has 1 aromatic rings. The van der Waals surface area contributed by atoms with Gasteiger partial charge in [0.05, 0.1) is 13.5 Å². The highest BCUT2D eigenvalue weighted by molar-refractivity contribution is 5.71. The molecule has 0 aliphatic heterocycles. The van der Waals surface area contributed by atoms with Crippen LogP contribution in [0.3, 0.4) is 0 Å². The highest BCUT2D eigenvalue weighted by Crippen LogP contribution is 2.25. The van der Waals surface area contributed by atoms with E-state index in [0.29, 0.717) is 0 Å². The van der Waals surface area contributed by atoms with Crippen molar-refractivity contribution >= 4 is 5.97 Å². The van der Waals surface area contributed by atoms with Gasteiger partial charge in [-0.05, 0) is 30.5 Å². The third-order valence-electron chi connectivity index (χ3n) is 2.26. The number of carbonyl (C=O) groups is 1. The number of carboxylic acid groups (broad SMARTS) is 1. The Bertz CT molecular complexity index is 356. The maximum atomic E-state index is 10.6. The second kappa shape index (κ2) is 4.13. The van der Waals surface area contributed by atoms with Crippen molar-refractivity contribution in [2.24, 2.45) is 0 Å². The van der Waals surface area contributed by atoms with Crippen LogP contribution in [0.15, 0.2) is 12.1 Å². The first kappa shape index (κ1) is 10.6. The van der Waals surface area contributed by atoms with Gasteiger partial charge in [0.15, 0.2) is 0 Å². The van der Waals surface area contributed by atoms with Crippen LogP contribution in [0.25, 0.3) is 0 Å². The number of hydrogen-bond donors (Lipinski definition) is 1. The van der Waals surface area contributed by atoms with Crippen LogP contribution >= 0.6 is 0 Å². The van der Waals surface area contributed by atoms with Crippen molar-refractivity contribution in [1.29, 1.82) is 0 Å². The van der Waals surface area contributed by atoms with Gasteiger partial charge in [-0.25, -0.2) is 0 Å². The summed E-state index contributed by atoms with van der Waals surface area (Å²) in [6.45, 7) is 3.82. The molecule has 0 aromatic heterocycles. The number of benzene rings is 1. The number of ether oxygens (including phenoxy) is 1. The Hall–Kier alpha value is -1.51. The summed E-state index contributed by atoms with van der Waals surface area (Å²) in [5.74, 6) is -0.0391. The molecule has 0 aliphatic rings. The van der Waals surface area contributed by atoms with Crippen molar-refractivity contribution in [3.8, 4) is 5.75 Å². The molecule has 3 heteroatoms. The minimum Gasteiger partial charge on any atom is -0.496 e. The lowest BCUT2D eigenvalue weighted by molar-refractivity contribution is -0.136. The van der Waals surface area contributed by atoms with Gasteiger partial charge >= 0.3 is 5.97 Å². The largest absolute Gasteiger partial charge is 0.496 e. The summed E-state index contributed by atoms with van der Waals surface area (Å²) in [5.41, 5.74) is 2.74. The average molecular weight is 194 g/mol. The van der Waals surface area contributed by atoms with E-state index in [1.54, 1.807) is 7.11 Å². The van der Waals surface area contributed by atoms with Crippen LogP contribution in [0.1, 0.15) is 16.7 Å². The van der Waals surface area contributed by atoms with Gasteiger partial charge in [0.2, 0.25) is 0 Å². The fourth-order valence-electron chi connectivity index (χ4n) is 1.54. The summed E-state index contributed by atoms with van der Waals surface area (Å²) in [7, 11) is 1.60. The zero-order valence-corrected chi connectivity index (χ0v) is 8.63. The Kier molecular flexibility index (Phi) is 3.12. The molecule has 0 fully saturated rings. The fraction of sp³-hybridized carbons (Fsp3) is 0.364. The van der Waals surface area contributed by atoms with E-state index in [-0.39, 0.29) is 6.42 Å². The molecule has 0 saturated carbocycles. The Labute approximate surface area is 83.3 Å². The molecule has 1 rings (SSSR count). The molecule has 0 saturated heterocycles. The molecular weight excluding hydrogens is 180 g/mol. The zero-order valence-electron chi connectivity index (χ0n) is 8.63. The van der Waals surface area contributed by atoms with Crippen molar-refractivity contribution in [3.05, 3.63) is 28.8 Å². The first-order chi connectivity index (χ1) is 6.56. The minimum atomic E-state index is -0.820. The first-order valence-corrected chi connectivity index (χ1v) is 4.41. The van der Waals surface area contributed by atoms with Crippen LogP contribution in [-0.4, -0.2) is 18.2 Å². The van der Waals surface area contributed by atoms with Crippen molar-refractivity contribution in [2.45, 2.75) is 20.3 Å². The SMILES string of the molecule is COc1c(C)ccc(CC(=O)O)c1C. The number of methoxy groups -OCH3 is 1. The highest BCUT2D eigenvalue weighted by atomic mass is 16.5. The van der Waals surface area contributed by atoms with E-state index in [4.69, 9.17) is 9.84 Å². The summed E-state index contributed by atoms with van der Waals surface area (Å²) in [5, 5.41) is 8.68. The standard InChI is InChI=1S/C11H14O3/c1-7-4-5-9(6-10(12)13)8(2)11(7)14-3/h4-5H,6H2,1-3H3,(H,12,13). The molecule has 0 unspecified atom stereocenters. The molecule has 76 valence electrons. The third-order valence-corrected chi connectivity index (χ3v) is 2.26. The molecule has 14 heavy (non-hydrogen) atoms. The van der Waals surface area contributed by atoms with Crippen LogP contribution in [0.4, 0.5) is 0 Å². The van der Waals surface area contributed by atoms with Crippen LogP contribution in [0.5, 0.6) is 5.75 Å². The van der Waals surface area contributed by atoms with Crippen molar-refractivity contribution in [2.75, 3.05) is 7.11 Å². The molecular formula is C11H14O3. The van der Waals surface area contributed by atoms with E-state index >= 15 is 0 Å². The smallest absolute Gasteiger partial charge is 0.307 e. The normalized spacial score (nSPS) is 9.93. The van der Waals surface area contributed by atoms with Gasteiger partial charge in [0.1, 0.15) is 5.75 Å². The molecule has 0 heterocycles. The monoisotopic (exact) mass is 194 g/mol. The summed E-state index contributed by atoms with van der Waals surface area (Å²) < 4.78 is 5.21. The average Bonchev–Trinajstić information content (AvgIpc) is 2.10. The van der Waals surface area contributed by atoms with Gasteiger partial charge in [-0.1, -0.05) is 12.1 Å². The zero-order chi connectivity index (χ0) is 10.7. The Morgan fingerprint density at radius 2 is 2.07 bits per heavy atom. The van der Waals surface area contributed by atoms with Gasteiger partial charge in [-0.2, -0.15) is 0 Å². The Morgan fingerprint density at radius 3 is 2.57 bits per heavy atom. The lowest BCUT2D eigenvalue weighted by Gasteiger charge is -2.11. The van der Waals surface area contributed by atoms with Gasteiger partial charge < -0.3 is 9.84 Å². The molecule has 1 aromatic carbocycles. The maximum absolute atomic E-state index is 10.6. The van der Waals surface area contributed by atoms with E-state index in [1.165, 1.54) is 0 Å². The number of aliphatic carboxylic acids is 1. The Morgan fingerprint density at radius 1 is 1.43 bits per heavy atom. The van der Waals surface area contributed by atoms with E-state index in [1.807, 2.05) is 26.0 Å². The predicted molar refractivity (Wildman–Crippen MR) is 53.8 cm³/mol. The predicted octanol–water partition coefficient (Wildman–Crippen LogP) is 1.94. The second-order valence-electron chi connectivity index (χ2n) is 3.27. The van der Waals surface area contributed by atoms with E-state index < -0.39 is 5.97 Å². The van der Waals surface area contributed by atoms with Gasteiger partial charge in [-0.3, -0.25) is 4.79 Å². The molecule has 0 spiro atoms. The van der Waals surface area contributed by atoms with E-state index in [2.05, 4.69) is 0 Å². The summed E-state index contributed by atoms with van der Waals surface area (Å²) in [6, 6.07) is 3.71. The second-order valence-corrected chi connectivity index (χ2v) is 3.27. The lowest BCUT2D eigenvalue weighted by atomic mass is 10.0. The van der Waals surface area contributed by atoms with Gasteiger partial charge in [0.25, 0.3) is 0 Å². The topological polar surface area (TPSA) is 46.5 Å². The van der Waals surface area contributed by atoms with E-state index in [9.17, 15) is 4.79 Å². The van der Waals surface area contributed by atoms with E-state index in [0.717, 1.165) is 22.4 Å². The molecule has 0 atom stereocenters. The first-order valence-electron chi connectivity index (χ1n) is 4.41. The van der Waals surface area contributed by atoms with Crippen LogP contribution < -0.4 is 4.74 Å². The van der Waals surface area contributed by atoms with Crippen LogP contribution in [0, 0.1) is 13.8 Å². The number of hydrogen-bond acceptors (Lipinski definition) is 2. The van der Waals surface area contributed by atoms with Crippen molar-refractivity contribution in [1.82, 2.24) is 0 Å². The number of rotatable bonds is 3. The Balaban J connectivity index is 3.14.